The summed E-state index contributed by atoms with van der Waals surface area (Å²) in [6, 6.07) is 2.19. The number of hydrogen-bond donors (Lipinski definition) is 2. The second-order valence-corrected chi connectivity index (χ2v) is 6.00. The molecule has 0 saturated heterocycles. The van der Waals surface area contributed by atoms with E-state index in [2.05, 4.69) is 5.32 Å². The number of carbonyl (C=O) groups is 1. The molecule has 1 aromatic carbocycles. The third-order valence-corrected chi connectivity index (χ3v) is 3.68. The van der Waals surface area contributed by atoms with Crippen LogP contribution in [0.15, 0.2) is 12.1 Å². The van der Waals surface area contributed by atoms with Gasteiger partial charge in [0.1, 0.15) is 0 Å². The minimum atomic E-state index is -1.23. The highest BCUT2D eigenvalue weighted by Gasteiger charge is 2.20. The van der Waals surface area contributed by atoms with Gasteiger partial charge in [0.2, 0.25) is 0 Å². The molecule has 2 N–H and O–H groups in total. The van der Waals surface area contributed by atoms with Crippen molar-refractivity contribution < 1.29 is 19.0 Å². The van der Waals surface area contributed by atoms with Gasteiger partial charge in [-0.25, -0.2) is 4.79 Å². The summed E-state index contributed by atoms with van der Waals surface area (Å²) in [5, 5.41) is 22.9. The van der Waals surface area contributed by atoms with Crippen molar-refractivity contribution in [1.29, 1.82) is 0 Å². The van der Waals surface area contributed by atoms with Crippen molar-refractivity contribution in [2.24, 2.45) is 0 Å². The first-order valence-corrected chi connectivity index (χ1v) is 7.54. The minimum absolute atomic E-state index is 0.158. The van der Waals surface area contributed by atoms with Gasteiger partial charge < -0.3 is 10.4 Å². The van der Waals surface area contributed by atoms with E-state index < -0.39 is 21.7 Å². The summed E-state index contributed by atoms with van der Waals surface area (Å²) in [5.41, 5.74) is 0.315. The molecule has 110 valence electrons. The molecule has 2 unspecified atom stereocenters. The molecule has 0 saturated carbocycles. The van der Waals surface area contributed by atoms with Gasteiger partial charge in [0.15, 0.2) is 0 Å². The quantitative estimate of drug-likeness (QED) is 0.612. The van der Waals surface area contributed by atoms with E-state index in [4.69, 9.17) is 5.11 Å². The lowest BCUT2D eigenvalue weighted by molar-refractivity contribution is -0.385. The maximum atomic E-state index is 11.1. The van der Waals surface area contributed by atoms with Gasteiger partial charge >= 0.3 is 5.97 Å². The van der Waals surface area contributed by atoms with E-state index in [0.29, 0.717) is 17.0 Å². The number of nitrogens with zero attached hydrogens (tertiary/aromatic N) is 1. The van der Waals surface area contributed by atoms with Crippen LogP contribution >= 0.6 is 0 Å². The van der Waals surface area contributed by atoms with Gasteiger partial charge in [0.05, 0.1) is 10.5 Å². The average Bonchev–Trinajstić information content (AvgIpc) is 2.29. The van der Waals surface area contributed by atoms with Gasteiger partial charge in [0, 0.05) is 46.2 Å². The molecule has 0 bridgehead atoms. The molecule has 0 aliphatic rings. The zero-order valence-corrected chi connectivity index (χ0v) is 12.2. The van der Waals surface area contributed by atoms with E-state index in [-0.39, 0.29) is 17.3 Å². The maximum Gasteiger partial charge on any atom is 0.336 e. The van der Waals surface area contributed by atoms with Gasteiger partial charge in [-0.1, -0.05) is 0 Å². The van der Waals surface area contributed by atoms with Crippen LogP contribution in [0.4, 0.5) is 11.4 Å². The summed E-state index contributed by atoms with van der Waals surface area (Å²) in [6.07, 6.45) is 1.56. The molecule has 2 atom stereocenters. The Morgan fingerprint density at radius 3 is 2.60 bits per heavy atom. The number of nitro benzene ring substituents is 1. The van der Waals surface area contributed by atoms with Crippen molar-refractivity contribution in [3.8, 4) is 0 Å². The SMILES string of the molecule is Cc1c(NC(C)CS(C)=O)cc(C(=O)O)cc1[N+](=O)[O-]. The Morgan fingerprint density at radius 1 is 1.55 bits per heavy atom. The number of nitro groups is 1. The largest absolute Gasteiger partial charge is 0.478 e. The van der Waals surface area contributed by atoms with Gasteiger partial charge in [-0.05, 0) is 19.9 Å². The number of rotatable bonds is 6. The fourth-order valence-electron chi connectivity index (χ4n) is 1.82. The fraction of sp³-hybridized carbons (Fsp3) is 0.417. The van der Waals surface area contributed by atoms with Crippen LogP contribution in [0.2, 0.25) is 0 Å². The molecule has 1 aromatic rings. The van der Waals surface area contributed by atoms with E-state index in [1.165, 1.54) is 6.07 Å². The first kappa shape index (κ1) is 16.1. The van der Waals surface area contributed by atoms with E-state index in [0.717, 1.165) is 6.07 Å². The number of aromatic carboxylic acids is 1. The van der Waals surface area contributed by atoms with Crippen molar-refractivity contribution in [3.05, 3.63) is 33.4 Å². The summed E-state index contributed by atoms with van der Waals surface area (Å²) in [7, 11) is -1.02. The zero-order chi connectivity index (χ0) is 15.4. The Morgan fingerprint density at radius 2 is 2.15 bits per heavy atom. The molecule has 1 rings (SSSR count). The third-order valence-electron chi connectivity index (χ3n) is 2.71. The predicted octanol–water partition coefficient (Wildman–Crippen LogP) is 1.78. The normalized spacial score (nSPS) is 13.6. The van der Waals surface area contributed by atoms with E-state index >= 15 is 0 Å². The standard InChI is InChI=1S/C12H16N2O5S/c1-7(6-20(3)19)13-10-4-9(12(15)16)5-11(8(10)2)14(17)18/h4-5,7,13H,6H2,1-3H3,(H,15,16). The lowest BCUT2D eigenvalue weighted by Gasteiger charge is -2.16. The smallest absolute Gasteiger partial charge is 0.336 e. The lowest BCUT2D eigenvalue weighted by Crippen LogP contribution is -2.23. The van der Waals surface area contributed by atoms with Crippen molar-refractivity contribution in [2.75, 3.05) is 17.3 Å². The average molecular weight is 300 g/mol. The van der Waals surface area contributed by atoms with Crippen LogP contribution in [0.1, 0.15) is 22.8 Å². The molecule has 0 spiro atoms. The molecule has 7 nitrogen and oxygen atoms in total. The molecule has 8 heteroatoms. The number of nitrogens with one attached hydrogen (secondary N) is 1. The van der Waals surface area contributed by atoms with Gasteiger partial charge in [0.25, 0.3) is 5.69 Å². The number of benzene rings is 1. The molecule has 0 aromatic heterocycles. The molecular formula is C12H16N2O5S. The van der Waals surface area contributed by atoms with Crippen molar-refractivity contribution >= 4 is 28.1 Å². The number of hydrogen-bond acceptors (Lipinski definition) is 5. The maximum absolute atomic E-state index is 11.1. The summed E-state index contributed by atoms with van der Waals surface area (Å²) >= 11 is 0. The molecular weight excluding hydrogens is 284 g/mol. The number of anilines is 1. The summed E-state index contributed by atoms with van der Waals surface area (Å²) in [4.78, 5) is 21.3. The molecule has 0 aliphatic carbocycles. The van der Waals surface area contributed by atoms with Gasteiger partial charge in [-0.15, -0.1) is 0 Å². The predicted molar refractivity (Wildman–Crippen MR) is 76.8 cm³/mol. The Bertz CT molecular complexity index is 573. The summed E-state index contributed by atoms with van der Waals surface area (Å²) in [6.45, 7) is 3.32. The first-order chi connectivity index (χ1) is 9.22. The highest BCUT2D eigenvalue weighted by atomic mass is 32.2. The van der Waals surface area contributed by atoms with Crippen LogP contribution in [0.25, 0.3) is 0 Å². The van der Waals surface area contributed by atoms with Crippen LogP contribution in [0.3, 0.4) is 0 Å². The van der Waals surface area contributed by atoms with Gasteiger partial charge in [-0.3, -0.25) is 14.3 Å². The minimum Gasteiger partial charge on any atom is -0.478 e. The Kier molecular flexibility index (Phi) is 5.20. The molecule has 0 fully saturated rings. The zero-order valence-electron chi connectivity index (χ0n) is 11.4. The van der Waals surface area contributed by atoms with Crippen LogP contribution < -0.4 is 5.32 Å². The van der Waals surface area contributed by atoms with Crippen molar-refractivity contribution in [3.63, 3.8) is 0 Å². The van der Waals surface area contributed by atoms with E-state index in [9.17, 15) is 19.1 Å². The monoisotopic (exact) mass is 300 g/mol. The Balaban J connectivity index is 3.20. The lowest BCUT2D eigenvalue weighted by atomic mass is 10.1. The third kappa shape index (κ3) is 4.02. The van der Waals surface area contributed by atoms with Crippen LogP contribution in [-0.2, 0) is 10.8 Å². The van der Waals surface area contributed by atoms with Crippen molar-refractivity contribution in [2.45, 2.75) is 19.9 Å². The number of carboxylic acid groups (broad SMARTS) is 1. The van der Waals surface area contributed by atoms with Crippen LogP contribution in [0.5, 0.6) is 0 Å². The number of carboxylic acids is 1. The molecule has 0 heterocycles. The molecule has 0 aliphatic heterocycles. The van der Waals surface area contributed by atoms with Crippen molar-refractivity contribution in [1.82, 2.24) is 0 Å². The first-order valence-electron chi connectivity index (χ1n) is 5.81. The van der Waals surface area contributed by atoms with Crippen LogP contribution in [0, 0.1) is 17.0 Å². The molecule has 0 radical (unpaired) electrons. The second-order valence-electron chi connectivity index (χ2n) is 4.52. The van der Waals surface area contributed by atoms with Gasteiger partial charge in [-0.2, -0.15) is 0 Å². The summed E-state index contributed by atoms with van der Waals surface area (Å²) < 4.78 is 11.1. The fourth-order valence-corrected chi connectivity index (χ4v) is 2.61. The highest BCUT2D eigenvalue weighted by molar-refractivity contribution is 7.84. The topological polar surface area (TPSA) is 110 Å². The summed E-state index contributed by atoms with van der Waals surface area (Å²) in [5.74, 6) is -0.868. The van der Waals surface area contributed by atoms with Crippen LogP contribution in [-0.4, -0.2) is 38.3 Å². The Labute approximate surface area is 118 Å². The van der Waals surface area contributed by atoms with E-state index in [1.807, 2.05) is 0 Å². The second kappa shape index (κ2) is 6.47. The highest BCUT2D eigenvalue weighted by Crippen LogP contribution is 2.28. The molecule has 0 amide bonds. The molecule has 20 heavy (non-hydrogen) atoms. The Hall–Kier alpha value is -1.96. The van der Waals surface area contributed by atoms with E-state index in [1.54, 1.807) is 20.1 Å².